The van der Waals surface area contributed by atoms with Gasteiger partial charge in [-0.25, -0.2) is 8.78 Å². The van der Waals surface area contributed by atoms with E-state index in [2.05, 4.69) is 9.46 Å². The summed E-state index contributed by atoms with van der Waals surface area (Å²) in [4.78, 5) is 11.4. The van der Waals surface area contributed by atoms with Crippen molar-refractivity contribution in [1.29, 1.82) is 0 Å². The van der Waals surface area contributed by atoms with Crippen LogP contribution in [0, 0.1) is 11.6 Å². The molecule has 0 aliphatic carbocycles. The van der Waals surface area contributed by atoms with Gasteiger partial charge in [0.1, 0.15) is 16.4 Å². The second kappa shape index (κ2) is 7.20. The van der Waals surface area contributed by atoms with Gasteiger partial charge in [0.25, 0.3) is 0 Å². The van der Waals surface area contributed by atoms with Crippen molar-refractivity contribution in [2.75, 3.05) is 7.11 Å². The first-order chi connectivity index (χ1) is 9.65. The highest BCUT2D eigenvalue weighted by atomic mass is 32.2. The molecule has 1 unspecified atom stereocenters. The highest BCUT2D eigenvalue weighted by molar-refractivity contribution is 7.90. The van der Waals surface area contributed by atoms with Crippen LogP contribution in [-0.2, 0) is 20.9 Å². The zero-order valence-electron chi connectivity index (χ0n) is 12.4. The largest absolute Gasteiger partial charge is 0.598 e. The molecule has 0 saturated heterocycles. The molecule has 0 aromatic heterocycles. The van der Waals surface area contributed by atoms with E-state index in [1.807, 2.05) is 0 Å². The molecule has 0 heterocycles. The fourth-order valence-corrected chi connectivity index (χ4v) is 2.38. The third kappa shape index (κ3) is 5.26. The SMILES string of the molecule is COC(=O)C[C@H](N[S+]([O-])C(C)(C)C)c1ccc(F)cc1F. The molecule has 0 saturated carbocycles. The molecule has 0 aliphatic heterocycles. The van der Waals surface area contributed by atoms with E-state index in [-0.39, 0.29) is 12.0 Å². The van der Waals surface area contributed by atoms with Gasteiger partial charge in [-0.05, 0) is 26.8 Å². The monoisotopic (exact) mass is 319 g/mol. The topological polar surface area (TPSA) is 61.4 Å². The number of carbonyl (C=O) groups is 1. The second-order valence-electron chi connectivity index (χ2n) is 5.50. The summed E-state index contributed by atoms with van der Waals surface area (Å²) in [6.45, 7) is 5.23. The van der Waals surface area contributed by atoms with Crippen LogP contribution in [0.15, 0.2) is 18.2 Å². The fraction of sp³-hybridized carbons (Fsp3) is 0.500. The summed E-state index contributed by atoms with van der Waals surface area (Å²) in [5, 5.41) is 0. The number of nitrogens with one attached hydrogen (secondary N) is 1. The Kier molecular flexibility index (Phi) is 6.12. The second-order valence-corrected chi connectivity index (χ2v) is 7.50. The van der Waals surface area contributed by atoms with E-state index in [9.17, 15) is 18.1 Å². The van der Waals surface area contributed by atoms with Crippen LogP contribution < -0.4 is 4.72 Å². The van der Waals surface area contributed by atoms with E-state index < -0.39 is 39.8 Å². The van der Waals surface area contributed by atoms with Crippen molar-refractivity contribution in [2.45, 2.75) is 38.0 Å². The van der Waals surface area contributed by atoms with E-state index >= 15 is 0 Å². The molecule has 2 atom stereocenters. The molecule has 0 spiro atoms. The summed E-state index contributed by atoms with van der Waals surface area (Å²) < 4.78 is 45.7. The van der Waals surface area contributed by atoms with Crippen LogP contribution in [0.25, 0.3) is 0 Å². The number of methoxy groups -OCH3 is 1. The number of benzene rings is 1. The Morgan fingerprint density at radius 3 is 2.52 bits per heavy atom. The minimum atomic E-state index is -1.52. The molecule has 21 heavy (non-hydrogen) atoms. The van der Waals surface area contributed by atoms with Gasteiger partial charge in [0, 0.05) is 23.0 Å². The van der Waals surface area contributed by atoms with Crippen molar-refractivity contribution in [1.82, 2.24) is 4.72 Å². The fourth-order valence-electron chi connectivity index (χ4n) is 1.56. The lowest BCUT2D eigenvalue weighted by Crippen LogP contribution is -2.42. The van der Waals surface area contributed by atoms with Crippen molar-refractivity contribution in [3.05, 3.63) is 35.4 Å². The molecule has 0 bridgehead atoms. The average molecular weight is 319 g/mol. The number of hydrogen-bond acceptors (Lipinski definition) is 4. The van der Waals surface area contributed by atoms with Gasteiger partial charge in [0.2, 0.25) is 0 Å². The molecule has 0 aliphatic rings. The Labute approximate surface area is 126 Å². The first-order valence-electron chi connectivity index (χ1n) is 6.35. The van der Waals surface area contributed by atoms with E-state index in [1.54, 1.807) is 20.8 Å². The first-order valence-corrected chi connectivity index (χ1v) is 7.50. The lowest BCUT2D eigenvalue weighted by Gasteiger charge is -2.28. The number of rotatable bonds is 5. The molecule has 0 amide bonds. The van der Waals surface area contributed by atoms with Crippen molar-refractivity contribution in [3.63, 3.8) is 0 Å². The molecular weight excluding hydrogens is 300 g/mol. The molecular formula is C14H19F2NO3S. The Morgan fingerprint density at radius 2 is 2.05 bits per heavy atom. The molecule has 1 aromatic rings. The van der Waals surface area contributed by atoms with Gasteiger partial charge in [-0.1, -0.05) is 6.07 Å². The maximum Gasteiger partial charge on any atom is 0.307 e. The number of ether oxygens (including phenoxy) is 1. The number of carbonyl (C=O) groups excluding carboxylic acids is 1. The van der Waals surface area contributed by atoms with Crippen LogP contribution >= 0.6 is 0 Å². The molecule has 1 N–H and O–H groups in total. The highest BCUT2D eigenvalue weighted by Crippen LogP contribution is 2.25. The first kappa shape index (κ1) is 17.9. The van der Waals surface area contributed by atoms with Crippen molar-refractivity contribution >= 4 is 17.3 Å². The number of esters is 1. The third-order valence-corrected chi connectivity index (χ3v) is 4.35. The van der Waals surface area contributed by atoms with Crippen LogP contribution in [0.4, 0.5) is 8.78 Å². The molecule has 7 heteroatoms. The van der Waals surface area contributed by atoms with Crippen LogP contribution in [0.5, 0.6) is 0 Å². The average Bonchev–Trinajstić information content (AvgIpc) is 2.36. The lowest BCUT2D eigenvalue weighted by atomic mass is 10.0. The molecule has 0 fully saturated rings. The summed E-state index contributed by atoms with van der Waals surface area (Å²) in [5.74, 6) is -2.10. The predicted octanol–water partition coefficient (Wildman–Crippen LogP) is 2.62. The Balaban J connectivity index is 3.04. The summed E-state index contributed by atoms with van der Waals surface area (Å²) >= 11 is -1.52. The van der Waals surface area contributed by atoms with Gasteiger partial charge >= 0.3 is 5.97 Å². The van der Waals surface area contributed by atoms with E-state index in [0.717, 1.165) is 12.1 Å². The maximum atomic E-state index is 13.9. The Morgan fingerprint density at radius 1 is 1.43 bits per heavy atom. The lowest BCUT2D eigenvalue weighted by molar-refractivity contribution is -0.141. The van der Waals surface area contributed by atoms with Gasteiger partial charge in [0.05, 0.1) is 19.6 Å². The van der Waals surface area contributed by atoms with Gasteiger partial charge in [-0.15, -0.1) is 4.72 Å². The van der Waals surface area contributed by atoms with Crippen molar-refractivity contribution < 1.29 is 22.9 Å². The standard InChI is InChI=1S/C14H19F2NO3S/c1-14(2,3)21(19)17-12(8-13(18)20-4)10-6-5-9(15)7-11(10)16/h5-7,12,17H,8H2,1-4H3/t12-,21?/m0/s1. The van der Waals surface area contributed by atoms with Crippen LogP contribution in [0.3, 0.4) is 0 Å². The summed E-state index contributed by atoms with van der Waals surface area (Å²) in [6, 6.07) is 2.18. The molecule has 1 rings (SSSR count). The van der Waals surface area contributed by atoms with Gasteiger partial charge in [-0.2, -0.15) is 0 Å². The van der Waals surface area contributed by atoms with Crippen LogP contribution in [-0.4, -0.2) is 22.4 Å². The van der Waals surface area contributed by atoms with Crippen molar-refractivity contribution in [2.24, 2.45) is 0 Å². The van der Waals surface area contributed by atoms with E-state index in [1.165, 1.54) is 13.2 Å². The number of hydrogen-bond donors (Lipinski definition) is 1. The Hall–Kier alpha value is -1.18. The number of halogens is 2. The minimum absolute atomic E-state index is 0.0689. The van der Waals surface area contributed by atoms with E-state index in [4.69, 9.17) is 0 Å². The Bertz CT molecular complexity index is 505. The molecule has 0 radical (unpaired) electrons. The smallest absolute Gasteiger partial charge is 0.307 e. The zero-order valence-corrected chi connectivity index (χ0v) is 13.2. The third-order valence-electron chi connectivity index (χ3n) is 2.74. The summed E-state index contributed by atoms with van der Waals surface area (Å²) in [6.07, 6.45) is -0.207. The van der Waals surface area contributed by atoms with Crippen LogP contribution in [0.2, 0.25) is 0 Å². The van der Waals surface area contributed by atoms with Gasteiger partial charge in [0.15, 0.2) is 0 Å². The van der Waals surface area contributed by atoms with Gasteiger partial charge < -0.3 is 9.29 Å². The molecule has 4 nitrogen and oxygen atoms in total. The van der Waals surface area contributed by atoms with Gasteiger partial charge in [-0.3, -0.25) is 4.79 Å². The summed E-state index contributed by atoms with van der Waals surface area (Å²) in [5.41, 5.74) is 0.0689. The van der Waals surface area contributed by atoms with Crippen molar-refractivity contribution in [3.8, 4) is 0 Å². The normalized spacial score (nSPS) is 14.6. The zero-order chi connectivity index (χ0) is 16.2. The quantitative estimate of drug-likeness (QED) is 0.669. The molecule has 118 valence electrons. The molecule has 1 aromatic carbocycles. The maximum absolute atomic E-state index is 13.9. The van der Waals surface area contributed by atoms with E-state index in [0.29, 0.717) is 0 Å². The highest BCUT2D eigenvalue weighted by Gasteiger charge is 2.32. The predicted molar refractivity (Wildman–Crippen MR) is 76.8 cm³/mol. The minimum Gasteiger partial charge on any atom is -0.598 e. The van der Waals surface area contributed by atoms with Crippen LogP contribution in [0.1, 0.15) is 38.8 Å². The summed E-state index contributed by atoms with van der Waals surface area (Å²) in [7, 11) is 1.21.